The summed E-state index contributed by atoms with van der Waals surface area (Å²) in [7, 11) is -1.51. The molecule has 1 heterocycles. The predicted molar refractivity (Wildman–Crippen MR) is 113 cm³/mol. The molecule has 29 heavy (non-hydrogen) atoms. The summed E-state index contributed by atoms with van der Waals surface area (Å²) in [5.41, 5.74) is 4.22. The Morgan fingerprint density at radius 2 is 1.62 bits per heavy atom. The van der Waals surface area contributed by atoms with Crippen molar-refractivity contribution in [3.8, 4) is 5.69 Å². The number of hydrogen-bond acceptors (Lipinski definition) is 4. The van der Waals surface area contributed by atoms with Crippen molar-refractivity contribution >= 4 is 15.7 Å². The van der Waals surface area contributed by atoms with Crippen LogP contribution in [0.4, 0.5) is 0 Å². The SMILES string of the molecule is Cc1ccc(-n2ncc(C(=O)N(C)[C@@H](C)c3ccc(S(C)(=O)=O)cc3)c2C)cc1. The molecule has 3 rings (SSSR count). The zero-order valence-electron chi connectivity index (χ0n) is 17.2. The number of sulfone groups is 1. The summed E-state index contributed by atoms with van der Waals surface area (Å²) in [6, 6.07) is 14.4. The second kappa shape index (κ2) is 7.83. The normalized spacial score (nSPS) is 12.6. The van der Waals surface area contributed by atoms with Crippen LogP contribution >= 0.6 is 0 Å². The zero-order valence-corrected chi connectivity index (χ0v) is 18.1. The van der Waals surface area contributed by atoms with Gasteiger partial charge in [0.2, 0.25) is 0 Å². The lowest BCUT2D eigenvalue weighted by Crippen LogP contribution is -2.30. The molecule has 0 fully saturated rings. The van der Waals surface area contributed by atoms with Gasteiger partial charge in [-0.15, -0.1) is 0 Å². The Morgan fingerprint density at radius 1 is 1.03 bits per heavy atom. The number of nitrogens with zero attached hydrogens (tertiary/aromatic N) is 3. The Morgan fingerprint density at radius 3 is 2.17 bits per heavy atom. The van der Waals surface area contributed by atoms with E-state index in [2.05, 4.69) is 5.10 Å². The van der Waals surface area contributed by atoms with Crippen LogP contribution in [0.1, 0.15) is 40.1 Å². The first-order valence-electron chi connectivity index (χ1n) is 9.28. The molecule has 0 bridgehead atoms. The van der Waals surface area contributed by atoms with Gasteiger partial charge in [-0.3, -0.25) is 4.79 Å². The zero-order chi connectivity index (χ0) is 21.3. The van der Waals surface area contributed by atoms with Crippen LogP contribution in [0, 0.1) is 13.8 Å². The average Bonchev–Trinajstić information content (AvgIpc) is 3.07. The molecule has 0 aliphatic heterocycles. The lowest BCUT2D eigenvalue weighted by Gasteiger charge is -2.25. The number of hydrogen-bond donors (Lipinski definition) is 0. The highest BCUT2D eigenvalue weighted by Crippen LogP contribution is 2.24. The molecule has 0 N–H and O–H groups in total. The quantitative estimate of drug-likeness (QED) is 0.641. The highest BCUT2D eigenvalue weighted by atomic mass is 32.2. The minimum atomic E-state index is -3.25. The predicted octanol–water partition coefficient (Wildman–Crippen LogP) is 3.73. The summed E-state index contributed by atoms with van der Waals surface area (Å²) >= 11 is 0. The summed E-state index contributed by atoms with van der Waals surface area (Å²) in [5, 5.41) is 4.39. The fourth-order valence-electron chi connectivity index (χ4n) is 3.15. The van der Waals surface area contributed by atoms with Gasteiger partial charge in [0.15, 0.2) is 9.84 Å². The summed E-state index contributed by atoms with van der Waals surface area (Å²) in [4.78, 5) is 15.0. The summed E-state index contributed by atoms with van der Waals surface area (Å²) in [6.07, 6.45) is 2.77. The molecular formula is C22H25N3O3S. The average molecular weight is 412 g/mol. The molecule has 0 aliphatic rings. The van der Waals surface area contributed by atoms with Crippen molar-refractivity contribution in [3.05, 3.63) is 77.1 Å². The molecule has 7 heteroatoms. The molecule has 1 aromatic heterocycles. The van der Waals surface area contributed by atoms with Gasteiger partial charge in [0.1, 0.15) is 0 Å². The lowest BCUT2D eigenvalue weighted by atomic mass is 10.1. The fourth-order valence-corrected chi connectivity index (χ4v) is 3.78. The van der Waals surface area contributed by atoms with Crippen molar-refractivity contribution in [2.75, 3.05) is 13.3 Å². The number of carbonyl (C=O) groups excluding carboxylic acids is 1. The number of rotatable bonds is 5. The molecule has 0 saturated carbocycles. The van der Waals surface area contributed by atoms with E-state index in [0.717, 1.165) is 22.5 Å². The molecule has 0 aliphatic carbocycles. The van der Waals surface area contributed by atoms with E-state index in [1.54, 1.807) is 47.1 Å². The molecule has 0 unspecified atom stereocenters. The third-order valence-corrected chi connectivity index (χ3v) is 6.34. The molecule has 3 aromatic rings. The molecule has 152 valence electrons. The van der Waals surface area contributed by atoms with Crippen LogP contribution in [0.25, 0.3) is 5.69 Å². The van der Waals surface area contributed by atoms with Crippen molar-refractivity contribution in [1.82, 2.24) is 14.7 Å². The number of amides is 1. The van der Waals surface area contributed by atoms with Crippen molar-refractivity contribution in [3.63, 3.8) is 0 Å². The smallest absolute Gasteiger partial charge is 0.257 e. The summed E-state index contributed by atoms with van der Waals surface area (Å²) < 4.78 is 25.0. The second-order valence-electron chi connectivity index (χ2n) is 7.32. The van der Waals surface area contributed by atoms with Crippen molar-refractivity contribution in [2.24, 2.45) is 0 Å². The Kier molecular flexibility index (Phi) is 5.61. The molecule has 0 radical (unpaired) electrons. The Bertz CT molecular complexity index is 1130. The first-order valence-corrected chi connectivity index (χ1v) is 11.2. The van der Waals surface area contributed by atoms with E-state index in [1.165, 1.54) is 6.26 Å². The van der Waals surface area contributed by atoms with Crippen molar-refractivity contribution in [1.29, 1.82) is 0 Å². The van der Waals surface area contributed by atoms with Crippen LogP contribution in [0.3, 0.4) is 0 Å². The molecule has 2 aromatic carbocycles. The van der Waals surface area contributed by atoms with E-state index >= 15 is 0 Å². The third kappa shape index (κ3) is 4.24. The monoisotopic (exact) mass is 411 g/mol. The van der Waals surface area contributed by atoms with Crippen LogP contribution in [-0.2, 0) is 9.84 Å². The molecule has 0 saturated heterocycles. The number of aromatic nitrogens is 2. The Hall–Kier alpha value is -2.93. The number of benzene rings is 2. The maximum absolute atomic E-state index is 13.1. The van der Waals surface area contributed by atoms with Crippen molar-refractivity contribution in [2.45, 2.75) is 31.7 Å². The topological polar surface area (TPSA) is 72.3 Å². The van der Waals surface area contributed by atoms with Gasteiger partial charge in [-0.1, -0.05) is 29.8 Å². The highest BCUT2D eigenvalue weighted by Gasteiger charge is 2.23. The summed E-state index contributed by atoms with van der Waals surface area (Å²) in [5.74, 6) is -0.138. The maximum Gasteiger partial charge on any atom is 0.257 e. The Balaban J connectivity index is 1.84. The van der Waals surface area contributed by atoms with Crippen LogP contribution in [0.15, 0.2) is 59.6 Å². The molecule has 6 nitrogen and oxygen atoms in total. The number of carbonyl (C=O) groups is 1. The van der Waals surface area contributed by atoms with Gasteiger partial charge in [0.25, 0.3) is 5.91 Å². The molecule has 1 amide bonds. The van der Waals surface area contributed by atoms with Gasteiger partial charge >= 0.3 is 0 Å². The van der Waals surface area contributed by atoms with Crippen LogP contribution in [0.2, 0.25) is 0 Å². The van der Waals surface area contributed by atoms with E-state index < -0.39 is 9.84 Å². The lowest BCUT2D eigenvalue weighted by molar-refractivity contribution is 0.0742. The second-order valence-corrected chi connectivity index (χ2v) is 9.34. The first kappa shape index (κ1) is 20.8. The minimum absolute atomic E-state index is 0.138. The van der Waals surface area contributed by atoms with E-state index in [1.807, 2.05) is 45.0 Å². The molecule has 0 spiro atoms. The minimum Gasteiger partial charge on any atom is -0.335 e. The van der Waals surface area contributed by atoms with Gasteiger partial charge in [0.05, 0.1) is 34.1 Å². The van der Waals surface area contributed by atoms with Gasteiger partial charge in [-0.05, 0) is 50.6 Å². The van der Waals surface area contributed by atoms with Crippen LogP contribution in [-0.4, -0.2) is 42.3 Å². The Labute approximate surface area is 171 Å². The van der Waals surface area contributed by atoms with E-state index in [0.29, 0.717) is 5.56 Å². The standard InChI is InChI=1S/C22H25N3O3S/c1-15-6-10-19(11-7-15)25-17(3)21(14-23-25)22(26)24(4)16(2)18-8-12-20(13-9-18)29(5,27)28/h6-14,16H,1-5H3/t16-/m0/s1. The van der Waals surface area contributed by atoms with E-state index in [9.17, 15) is 13.2 Å². The maximum atomic E-state index is 13.1. The van der Waals surface area contributed by atoms with E-state index in [4.69, 9.17) is 0 Å². The first-order chi connectivity index (χ1) is 13.6. The van der Waals surface area contributed by atoms with E-state index in [-0.39, 0.29) is 16.8 Å². The summed E-state index contributed by atoms with van der Waals surface area (Å²) in [6.45, 7) is 5.81. The van der Waals surface area contributed by atoms with Gasteiger partial charge in [0, 0.05) is 13.3 Å². The van der Waals surface area contributed by atoms with Crippen molar-refractivity contribution < 1.29 is 13.2 Å². The molecular weight excluding hydrogens is 386 g/mol. The van der Waals surface area contributed by atoms with Crippen LogP contribution < -0.4 is 0 Å². The largest absolute Gasteiger partial charge is 0.335 e. The van der Waals surface area contributed by atoms with Gasteiger partial charge < -0.3 is 4.90 Å². The fraction of sp³-hybridized carbons (Fsp3) is 0.273. The van der Waals surface area contributed by atoms with Gasteiger partial charge in [-0.2, -0.15) is 5.10 Å². The third-order valence-electron chi connectivity index (χ3n) is 5.21. The van der Waals surface area contributed by atoms with Gasteiger partial charge in [-0.25, -0.2) is 13.1 Å². The molecule has 1 atom stereocenters. The number of aryl methyl sites for hydroxylation is 1. The van der Waals surface area contributed by atoms with Crippen LogP contribution in [0.5, 0.6) is 0 Å². The highest BCUT2D eigenvalue weighted by molar-refractivity contribution is 7.90.